The molecule has 0 aromatic carbocycles. The van der Waals surface area contributed by atoms with E-state index >= 15 is 0 Å². The van der Waals surface area contributed by atoms with Gasteiger partial charge in [0.05, 0.1) is 18.8 Å². The quantitative estimate of drug-likeness (QED) is 0.856. The zero-order chi connectivity index (χ0) is 15.6. The second kappa shape index (κ2) is 6.90. The third-order valence-corrected chi connectivity index (χ3v) is 4.70. The highest BCUT2D eigenvalue weighted by Gasteiger charge is 2.35. The minimum atomic E-state index is 0.141. The molecule has 2 rings (SSSR count). The largest absolute Gasteiger partial charge is 0.394 e. The zero-order valence-corrected chi connectivity index (χ0v) is 14.1. The van der Waals surface area contributed by atoms with E-state index in [9.17, 15) is 0 Å². The third-order valence-electron chi connectivity index (χ3n) is 4.70. The number of hydrogen-bond donors (Lipinski definition) is 1. The Balaban J connectivity index is 2.03. The summed E-state index contributed by atoms with van der Waals surface area (Å²) >= 11 is 0. The Labute approximate surface area is 128 Å². The lowest BCUT2D eigenvalue weighted by Gasteiger charge is -2.27. The average molecular weight is 294 g/mol. The van der Waals surface area contributed by atoms with Crippen LogP contribution in [0.3, 0.4) is 0 Å². The predicted octanol–water partition coefficient (Wildman–Crippen LogP) is 1.20. The first kappa shape index (κ1) is 16.5. The molecule has 2 unspecified atom stereocenters. The Bertz CT molecular complexity index is 439. The minimum absolute atomic E-state index is 0.141. The standard InChI is InChI=1S/C16H30N4O/c1-12(2)15-10-19(11-16(15)18(4)5)8-14-9-20(6-7-21)17-13(14)3/h9,12,15-16,21H,6-8,10-11H2,1-5H3. The Morgan fingerprint density at radius 1 is 1.38 bits per heavy atom. The van der Waals surface area contributed by atoms with Gasteiger partial charge in [-0.05, 0) is 32.9 Å². The lowest BCUT2D eigenvalue weighted by atomic mass is 9.91. The molecule has 1 aliphatic rings. The lowest BCUT2D eigenvalue weighted by molar-refractivity contribution is 0.215. The van der Waals surface area contributed by atoms with Crippen LogP contribution in [0.5, 0.6) is 0 Å². The van der Waals surface area contributed by atoms with Gasteiger partial charge in [0.15, 0.2) is 0 Å². The minimum Gasteiger partial charge on any atom is -0.394 e. The molecule has 21 heavy (non-hydrogen) atoms. The molecule has 1 N–H and O–H groups in total. The van der Waals surface area contributed by atoms with E-state index in [1.807, 2.05) is 4.68 Å². The van der Waals surface area contributed by atoms with Gasteiger partial charge in [-0.1, -0.05) is 13.8 Å². The molecule has 1 aromatic heterocycles. The van der Waals surface area contributed by atoms with Crippen molar-refractivity contribution in [1.29, 1.82) is 0 Å². The number of rotatable bonds is 6. The Hall–Kier alpha value is -0.910. The first-order valence-electron chi connectivity index (χ1n) is 7.95. The third kappa shape index (κ3) is 3.84. The number of aryl methyl sites for hydroxylation is 1. The van der Waals surface area contributed by atoms with Gasteiger partial charge in [-0.25, -0.2) is 0 Å². The van der Waals surface area contributed by atoms with Gasteiger partial charge < -0.3 is 10.0 Å². The number of aliphatic hydroxyl groups excluding tert-OH is 1. The maximum absolute atomic E-state index is 9.02. The molecule has 2 atom stereocenters. The van der Waals surface area contributed by atoms with E-state index in [0.29, 0.717) is 18.5 Å². The van der Waals surface area contributed by atoms with Crippen molar-refractivity contribution in [1.82, 2.24) is 19.6 Å². The van der Waals surface area contributed by atoms with Crippen molar-refractivity contribution in [2.45, 2.75) is 39.9 Å². The van der Waals surface area contributed by atoms with Crippen molar-refractivity contribution in [2.75, 3.05) is 33.8 Å². The fourth-order valence-electron chi connectivity index (χ4n) is 3.40. The van der Waals surface area contributed by atoms with E-state index in [0.717, 1.165) is 31.2 Å². The van der Waals surface area contributed by atoms with Gasteiger partial charge in [-0.3, -0.25) is 9.58 Å². The molecular weight excluding hydrogens is 264 g/mol. The highest BCUT2D eigenvalue weighted by molar-refractivity contribution is 5.15. The molecule has 1 aromatic rings. The van der Waals surface area contributed by atoms with Crippen molar-refractivity contribution in [3.05, 3.63) is 17.5 Å². The summed E-state index contributed by atoms with van der Waals surface area (Å²) in [5.41, 5.74) is 2.36. The maximum Gasteiger partial charge on any atom is 0.0641 e. The van der Waals surface area contributed by atoms with E-state index in [1.165, 1.54) is 5.56 Å². The van der Waals surface area contributed by atoms with Crippen molar-refractivity contribution < 1.29 is 5.11 Å². The molecule has 0 bridgehead atoms. The Kier molecular flexibility index (Phi) is 5.41. The summed E-state index contributed by atoms with van der Waals surface area (Å²) in [6.45, 7) is 10.7. The fraction of sp³-hybridized carbons (Fsp3) is 0.812. The van der Waals surface area contributed by atoms with Gasteiger partial charge in [0.1, 0.15) is 0 Å². The van der Waals surface area contributed by atoms with E-state index in [4.69, 9.17) is 5.11 Å². The van der Waals surface area contributed by atoms with E-state index in [1.54, 1.807) is 0 Å². The van der Waals surface area contributed by atoms with Crippen LogP contribution in [-0.2, 0) is 13.1 Å². The summed E-state index contributed by atoms with van der Waals surface area (Å²) < 4.78 is 1.85. The van der Waals surface area contributed by atoms with Crippen LogP contribution < -0.4 is 0 Å². The molecule has 0 radical (unpaired) electrons. The van der Waals surface area contributed by atoms with Crippen LogP contribution in [0.1, 0.15) is 25.1 Å². The maximum atomic E-state index is 9.02. The zero-order valence-electron chi connectivity index (χ0n) is 14.1. The van der Waals surface area contributed by atoms with Crippen molar-refractivity contribution in [2.24, 2.45) is 11.8 Å². The number of aliphatic hydroxyl groups is 1. The summed E-state index contributed by atoms with van der Waals surface area (Å²) in [4.78, 5) is 4.91. The van der Waals surface area contributed by atoms with E-state index in [-0.39, 0.29) is 6.61 Å². The van der Waals surface area contributed by atoms with Gasteiger partial charge in [0.25, 0.3) is 0 Å². The van der Waals surface area contributed by atoms with E-state index < -0.39 is 0 Å². The molecule has 1 aliphatic heterocycles. The van der Waals surface area contributed by atoms with Crippen LogP contribution in [0.15, 0.2) is 6.20 Å². The normalized spacial score (nSPS) is 23.6. The molecule has 120 valence electrons. The van der Waals surface area contributed by atoms with Crippen molar-refractivity contribution in [3.8, 4) is 0 Å². The molecule has 1 fully saturated rings. The molecule has 0 saturated carbocycles. The van der Waals surface area contributed by atoms with Crippen molar-refractivity contribution in [3.63, 3.8) is 0 Å². The van der Waals surface area contributed by atoms with Crippen molar-refractivity contribution >= 4 is 0 Å². The van der Waals surface area contributed by atoms with Crippen LogP contribution in [-0.4, -0.2) is 64.5 Å². The fourth-order valence-corrected chi connectivity index (χ4v) is 3.40. The molecule has 5 nitrogen and oxygen atoms in total. The molecule has 0 aliphatic carbocycles. The summed E-state index contributed by atoms with van der Waals surface area (Å²) in [7, 11) is 4.38. The molecule has 0 spiro atoms. The molecular formula is C16H30N4O. The monoisotopic (exact) mass is 294 g/mol. The van der Waals surface area contributed by atoms with Gasteiger partial charge in [0.2, 0.25) is 0 Å². The highest BCUT2D eigenvalue weighted by Crippen LogP contribution is 2.28. The molecule has 0 amide bonds. The number of nitrogens with zero attached hydrogens (tertiary/aromatic N) is 4. The molecule has 1 saturated heterocycles. The predicted molar refractivity (Wildman–Crippen MR) is 85.1 cm³/mol. The van der Waals surface area contributed by atoms with Gasteiger partial charge in [0, 0.05) is 37.4 Å². The van der Waals surface area contributed by atoms with Gasteiger partial charge >= 0.3 is 0 Å². The lowest BCUT2D eigenvalue weighted by Crippen LogP contribution is -2.37. The summed E-state index contributed by atoms with van der Waals surface area (Å²) in [5.74, 6) is 1.44. The van der Waals surface area contributed by atoms with Gasteiger partial charge in [-0.2, -0.15) is 5.10 Å². The van der Waals surface area contributed by atoms with E-state index in [2.05, 4.69) is 56.0 Å². The first-order chi connectivity index (χ1) is 9.92. The molecule has 5 heteroatoms. The first-order valence-corrected chi connectivity index (χ1v) is 7.95. The summed E-state index contributed by atoms with van der Waals surface area (Å²) in [6, 6.07) is 0.637. The van der Waals surface area contributed by atoms with Crippen LogP contribution in [0.2, 0.25) is 0 Å². The SMILES string of the molecule is Cc1nn(CCO)cc1CN1CC(C(C)C)C(N(C)C)C1. The molecule has 2 heterocycles. The van der Waals surface area contributed by atoms with Crippen LogP contribution >= 0.6 is 0 Å². The summed E-state index contributed by atoms with van der Waals surface area (Å²) in [5, 5.41) is 13.5. The topological polar surface area (TPSA) is 44.5 Å². The number of likely N-dealkylation sites (tertiary alicyclic amines) is 1. The second-order valence-corrected chi connectivity index (χ2v) is 6.86. The number of aromatic nitrogens is 2. The van der Waals surface area contributed by atoms with Crippen LogP contribution in [0.25, 0.3) is 0 Å². The number of hydrogen-bond acceptors (Lipinski definition) is 4. The smallest absolute Gasteiger partial charge is 0.0641 e. The Morgan fingerprint density at radius 2 is 2.10 bits per heavy atom. The van der Waals surface area contributed by atoms with Crippen LogP contribution in [0.4, 0.5) is 0 Å². The second-order valence-electron chi connectivity index (χ2n) is 6.86. The Morgan fingerprint density at radius 3 is 2.62 bits per heavy atom. The van der Waals surface area contributed by atoms with Crippen LogP contribution in [0, 0.1) is 18.8 Å². The van der Waals surface area contributed by atoms with Gasteiger partial charge in [-0.15, -0.1) is 0 Å². The number of likely N-dealkylation sites (N-methyl/N-ethyl adjacent to an activating group) is 1. The average Bonchev–Trinajstić information content (AvgIpc) is 2.95. The highest BCUT2D eigenvalue weighted by atomic mass is 16.3. The summed E-state index contributed by atoms with van der Waals surface area (Å²) in [6.07, 6.45) is 2.08.